The topological polar surface area (TPSA) is 122 Å². The van der Waals surface area contributed by atoms with Crippen molar-refractivity contribution in [3.63, 3.8) is 0 Å². The van der Waals surface area contributed by atoms with Gasteiger partial charge in [-0.3, -0.25) is 24.6 Å². The van der Waals surface area contributed by atoms with Crippen molar-refractivity contribution < 1.29 is 28.7 Å². The Morgan fingerprint density at radius 3 is 2.11 bits per heavy atom. The molecule has 1 aromatic carbocycles. The molecular formula is C18H21N3O6. The maximum absolute atomic E-state index is 12.3. The maximum atomic E-state index is 12.3. The molecule has 1 aromatic rings. The lowest BCUT2D eigenvalue weighted by Gasteiger charge is -2.20. The first-order valence-electron chi connectivity index (χ1n) is 8.43. The Kier molecular flexibility index (Phi) is 6.27. The van der Waals surface area contributed by atoms with Crippen molar-refractivity contribution in [3.8, 4) is 0 Å². The average Bonchev–Trinajstić information content (AvgIpc) is 2.88. The number of carbonyl (C=O) groups excluding carboxylic acids is 5. The zero-order valence-corrected chi connectivity index (χ0v) is 15.3. The summed E-state index contributed by atoms with van der Waals surface area (Å²) in [7, 11) is 0. The highest BCUT2D eigenvalue weighted by Crippen LogP contribution is 2.24. The molecule has 27 heavy (non-hydrogen) atoms. The number of esters is 1. The zero-order chi connectivity index (χ0) is 20.1. The summed E-state index contributed by atoms with van der Waals surface area (Å²) in [5, 5.41) is 4.50. The summed E-state index contributed by atoms with van der Waals surface area (Å²) in [4.78, 5) is 60.7. The standard InChI is InChI=1S/C18H21N3O6/c1-10(2)8-19-18(26)20-14(22)9-27-17(25)11(3)21-15(23)12-6-4-5-7-13(12)16(21)24/h4-7,10-11H,8-9H2,1-3H3,(H2,19,20,22,26)/t11-/m0/s1. The molecule has 0 aromatic heterocycles. The molecule has 2 N–H and O–H groups in total. The summed E-state index contributed by atoms with van der Waals surface area (Å²) in [5.74, 6) is -2.74. The van der Waals surface area contributed by atoms with Crippen molar-refractivity contribution in [1.82, 2.24) is 15.5 Å². The van der Waals surface area contributed by atoms with Gasteiger partial charge in [-0.25, -0.2) is 9.59 Å². The number of urea groups is 1. The van der Waals surface area contributed by atoms with Gasteiger partial charge in [0, 0.05) is 6.54 Å². The summed E-state index contributed by atoms with van der Waals surface area (Å²) in [6.07, 6.45) is 0. The predicted molar refractivity (Wildman–Crippen MR) is 93.7 cm³/mol. The molecule has 1 aliphatic rings. The first-order chi connectivity index (χ1) is 12.7. The highest BCUT2D eigenvalue weighted by atomic mass is 16.5. The average molecular weight is 375 g/mol. The third-order valence-electron chi connectivity index (χ3n) is 3.82. The highest BCUT2D eigenvalue weighted by Gasteiger charge is 2.41. The van der Waals surface area contributed by atoms with Crippen molar-refractivity contribution in [2.75, 3.05) is 13.2 Å². The van der Waals surface area contributed by atoms with Crippen LogP contribution in [-0.2, 0) is 14.3 Å². The van der Waals surface area contributed by atoms with Crippen LogP contribution >= 0.6 is 0 Å². The molecule has 0 spiro atoms. The van der Waals surface area contributed by atoms with Gasteiger partial charge in [0.2, 0.25) is 0 Å². The maximum Gasteiger partial charge on any atom is 0.329 e. The first kappa shape index (κ1) is 20.1. The van der Waals surface area contributed by atoms with Crippen LogP contribution in [0.1, 0.15) is 41.5 Å². The molecule has 0 aliphatic carbocycles. The molecular weight excluding hydrogens is 354 g/mol. The molecule has 1 atom stereocenters. The molecule has 2 rings (SSSR count). The molecule has 0 saturated heterocycles. The fraction of sp³-hybridized carbons (Fsp3) is 0.389. The summed E-state index contributed by atoms with van der Waals surface area (Å²) in [6, 6.07) is 4.32. The van der Waals surface area contributed by atoms with Gasteiger partial charge in [-0.15, -0.1) is 0 Å². The monoisotopic (exact) mass is 375 g/mol. The Balaban J connectivity index is 1.88. The molecule has 144 valence electrons. The van der Waals surface area contributed by atoms with E-state index in [1.807, 2.05) is 19.2 Å². The molecule has 0 bridgehead atoms. The van der Waals surface area contributed by atoms with E-state index in [-0.39, 0.29) is 17.0 Å². The smallest absolute Gasteiger partial charge is 0.329 e. The molecule has 9 heteroatoms. The second-order valence-corrected chi connectivity index (χ2v) is 6.46. The molecule has 0 fully saturated rings. The Morgan fingerprint density at radius 1 is 1.04 bits per heavy atom. The van der Waals surface area contributed by atoms with E-state index in [0.29, 0.717) is 6.54 Å². The summed E-state index contributed by atoms with van der Waals surface area (Å²) < 4.78 is 4.82. The summed E-state index contributed by atoms with van der Waals surface area (Å²) in [5.41, 5.74) is 0.420. The van der Waals surface area contributed by atoms with Gasteiger partial charge in [-0.2, -0.15) is 0 Å². The minimum absolute atomic E-state index is 0.210. The van der Waals surface area contributed by atoms with E-state index >= 15 is 0 Å². The number of imide groups is 2. The van der Waals surface area contributed by atoms with Gasteiger partial charge in [0.05, 0.1) is 11.1 Å². The van der Waals surface area contributed by atoms with Crippen LogP contribution in [0.4, 0.5) is 4.79 Å². The second kappa shape index (κ2) is 8.43. The minimum Gasteiger partial charge on any atom is -0.454 e. The van der Waals surface area contributed by atoms with E-state index < -0.39 is 42.4 Å². The number of benzene rings is 1. The number of hydrogen-bond donors (Lipinski definition) is 2. The number of amides is 5. The third kappa shape index (κ3) is 4.69. The van der Waals surface area contributed by atoms with Crippen LogP contribution in [0.2, 0.25) is 0 Å². The minimum atomic E-state index is -1.21. The van der Waals surface area contributed by atoms with Gasteiger partial charge >= 0.3 is 12.0 Å². The number of rotatable bonds is 6. The Labute approximate surface area is 156 Å². The van der Waals surface area contributed by atoms with E-state index in [1.165, 1.54) is 19.1 Å². The Hall–Kier alpha value is -3.23. The van der Waals surface area contributed by atoms with E-state index in [9.17, 15) is 24.0 Å². The first-order valence-corrected chi connectivity index (χ1v) is 8.43. The van der Waals surface area contributed by atoms with Crippen molar-refractivity contribution in [3.05, 3.63) is 35.4 Å². The molecule has 5 amide bonds. The number of carbonyl (C=O) groups is 5. The van der Waals surface area contributed by atoms with Gasteiger partial charge in [0.1, 0.15) is 6.04 Å². The fourth-order valence-electron chi connectivity index (χ4n) is 2.43. The highest BCUT2D eigenvalue weighted by molar-refractivity contribution is 6.22. The van der Waals surface area contributed by atoms with Crippen LogP contribution in [0, 0.1) is 5.92 Å². The lowest BCUT2D eigenvalue weighted by atomic mass is 10.1. The molecule has 0 unspecified atom stereocenters. The van der Waals surface area contributed by atoms with Crippen molar-refractivity contribution >= 4 is 29.7 Å². The number of ether oxygens (including phenoxy) is 1. The van der Waals surface area contributed by atoms with Crippen molar-refractivity contribution in [1.29, 1.82) is 0 Å². The number of nitrogens with zero attached hydrogens (tertiary/aromatic N) is 1. The van der Waals surface area contributed by atoms with Crippen LogP contribution in [0.25, 0.3) is 0 Å². The van der Waals surface area contributed by atoms with Gasteiger partial charge < -0.3 is 10.1 Å². The SMILES string of the molecule is CC(C)CNC(=O)NC(=O)COC(=O)[C@H](C)N1C(=O)c2ccccc2C1=O. The predicted octanol–water partition coefficient (Wildman–Crippen LogP) is 0.696. The van der Waals surface area contributed by atoms with Crippen LogP contribution in [-0.4, -0.2) is 53.8 Å². The quantitative estimate of drug-likeness (QED) is 0.557. The fourth-order valence-corrected chi connectivity index (χ4v) is 2.43. The molecule has 0 saturated carbocycles. The largest absolute Gasteiger partial charge is 0.454 e. The molecule has 0 radical (unpaired) electrons. The Bertz CT molecular complexity index is 754. The number of hydrogen-bond acceptors (Lipinski definition) is 6. The van der Waals surface area contributed by atoms with Crippen LogP contribution in [0.5, 0.6) is 0 Å². The lowest BCUT2D eigenvalue weighted by molar-refractivity contribution is -0.151. The normalized spacial score (nSPS) is 14.0. The van der Waals surface area contributed by atoms with Crippen LogP contribution < -0.4 is 10.6 Å². The number of fused-ring (bicyclic) bond motifs is 1. The second-order valence-electron chi connectivity index (χ2n) is 6.46. The van der Waals surface area contributed by atoms with E-state index in [2.05, 4.69) is 5.32 Å². The van der Waals surface area contributed by atoms with Crippen molar-refractivity contribution in [2.45, 2.75) is 26.8 Å². The van der Waals surface area contributed by atoms with Crippen LogP contribution in [0.15, 0.2) is 24.3 Å². The van der Waals surface area contributed by atoms with Gasteiger partial charge in [-0.1, -0.05) is 26.0 Å². The van der Waals surface area contributed by atoms with E-state index in [0.717, 1.165) is 4.90 Å². The third-order valence-corrected chi connectivity index (χ3v) is 3.82. The Morgan fingerprint density at radius 2 is 1.59 bits per heavy atom. The van der Waals surface area contributed by atoms with E-state index in [1.54, 1.807) is 12.1 Å². The summed E-state index contributed by atoms with van der Waals surface area (Å²) >= 11 is 0. The van der Waals surface area contributed by atoms with Gasteiger partial charge in [0.15, 0.2) is 6.61 Å². The molecule has 1 heterocycles. The van der Waals surface area contributed by atoms with Crippen LogP contribution in [0.3, 0.4) is 0 Å². The summed E-state index contributed by atoms with van der Waals surface area (Å²) in [6.45, 7) is 4.80. The molecule has 9 nitrogen and oxygen atoms in total. The zero-order valence-electron chi connectivity index (χ0n) is 15.3. The molecule has 1 aliphatic heterocycles. The van der Waals surface area contributed by atoms with E-state index in [4.69, 9.17) is 4.74 Å². The van der Waals surface area contributed by atoms with Gasteiger partial charge in [-0.05, 0) is 25.0 Å². The lowest BCUT2D eigenvalue weighted by Crippen LogP contribution is -2.46. The van der Waals surface area contributed by atoms with Gasteiger partial charge in [0.25, 0.3) is 17.7 Å². The number of nitrogens with one attached hydrogen (secondary N) is 2. The van der Waals surface area contributed by atoms with Crippen molar-refractivity contribution in [2.24, 2.45) is 5.92 Å².